The number of likely N-dealkylation sites (N-methyl/N-ethyl adjacent to an activating group) is 1. The van der Waals surface area contributed by atoms with Crippen molar-refractivity contribution in [3.63, 3.8) is 0 Å². The van der Waals surface area contributed by atoms with Gasteiger partial charge in [0.1, 0.15) is 0 Å². The summed E-state index contributed by atoms with van der Waals surface area (Å²) in [6.07, 6.45) is 4.84. The zero-order valence-corrected chi connectivity index (χ0v) is 10.2. The summed E-state index contributed by atoms with van der Waals surface area (Å²) < 4.78 is 0. The van der Waals surface area contributed by atoms with Crippen LogP contribution < -0.4 is 0 Å². The van der Waals surface area contributed by atoms with Crippen molar-refractivity contribution in [3.8, 4) is 0 Å². The lowest BCUT2D eigenvalue weighted by Gasteiger charge is -2.16. The molecule has 0 bridgehead atoms. The molecule has 0 amide bonds. The first-order chi connectivity index (χ1) is 8.34. The SMILES string of the molecule is CN(CCc1ccccc1)Cc1cccnc1. The standard InChI is InChI=1S/C15H18N2/c1-17(13-15-8-5-10-16-12-15)11-9-14-6-3-2-4-7-14/h2-8,10,12H,9,11,13H2,1H3. The minimum absolute atomic E-state index is 0.959. The van der Waals surface area contributed by atoms with Crippen LogP contribution in [0.1, 0.15) is 11.1 Å². The fraction of sp³-hybridized carbons (Fsp3) is 0.267. The molecular formula is C15H18N2. The summed E-state index contributed by atoms with van der Waals surface area (Å²) in [4.78, 5) is 6.45. The van der Waals surface area contributed by atoms with Crippen molar-refractivity contribution in [2.75, 3.05) is 13.6 Å². The summed E-state index contributed by atoms with van der Waals surface area (Å²) in [5.74, 6) is 0. The van der Waals surface area contributed by atoms with Gasteiger partial charge < -0.3 is 4.90 Å². The molecule has 1 heterocycles. The van der Waals surface area contributed by atoms with E-state index >= 15 is 0 Å². The van der Waals surface area contributed by atoms with Gasteiger partial charge in [0.2, 0.25) is 0 Å². The smallest absolute Gasteiger partial charge is 0.0312 e. The van der Waals surface area contributed by atoms with Crippen molar-refractivity contribution in [1.82, 2.24) is 9.88 Å². The van der Waals surface area contributed by atoms with E-state index in [1.807, 2.05) is 18.5 Å². The van der Waals surface area contributed by atoms with Crippen LogP contribution in [0.4, 0.5) is 0 Å². The molecule has 1 aromatic heterocycles. The summed E-state index contributed by atoms with van der Waals surface area (Å²) in [5.41, 5.74) is 2.66. The van der Waals surface area contributed by atoms with Gasteiger partial charge in [-0.2, -0.15) is 0 Å². The number of pyridine rings is 1. The van der Waals surface area contributed by atoms with Crippen LogP contribution in [0, 0.1) is 0 Å². The Hall–Kier alpha value is -1.67. The van der Waals surface area contributed by atoms with Crippen LogP contribution in [0.3, 0.4) is 0 Å². The van der Waals surface area contributed by atoms with Gasteiger partial charge in [0.15, 0.2) is 0 Å². The molecule has 0 aliphatic carbocycles. The second-order valence-corrected chi connectivity index (χ2v) is 4.33. The third kappa shape index (κ3) is 4.00. The van der Waals surface area contributed by atoms with Gasteiger partial charge in [-0.3, -0.25) is 4.98 Å². The van der Waals surface area contributed by atoms with Gasteiger partial charge in [-0.05, 0) is 30.7 Å². The molecule has 2 aromatic rings. The van der Waals surface area contributed by atoms with Gasteiger partial charge in [0.25, 0.3) is 0 Å². The van der Waals surface area contributed by atoms with Crippen LogP contribution in [0.15, 0.2) is 54.9 Å². The fourth-order valence-electron chi connectivity index (χ4n) is 1.85. The topological polar surface area (TPSA) is 16.1 Å². The fourth-order valence-corrected chi connectivity index (χ4v) is 1.85. The lowest BCUT2D eigenvalue weighted by atomic mass is 10.1. The van der Waals surface area contributed by atoms with Crippen LogP contribution >= 0.6 is 0 Å². The Morgan fingerprint density at radius 1 is 1.00 bits per heavy atom. The van der Waals surface area contributed by atoms with Gasteiger partial charge in [-0.15, -0.1) is 0 Å². The third-order valence-electron chi connectivity index (χ3n) is 2.80. The third-order valence-corrected chi connectivity index (χ3v) is 2.80. The zero-order valence-electron chi connectivity index (χ0n) is 10.2. The molecule has 0 spiro atoms. The molecule has 2 rings (SSSR count). The molecule has 0 radical (unpaired) electrons. The molecule has 0 N–H and O–H groups in total. The van der Waals surface area contributed by atoms with E-state index in [1.165, 1.54) is 11.1 Å². The van der Waals surface area contributed by atoms with Crippen molar-refractivity contribution >= 4 is 0 Å². The van der Waals surface area contributed by atoms with E-state index in [9.17, 15) is 0 Å². The molecular weight excluding hydrogens is 208 g/mol. The second kappa shape index (κ2) is 6.16. The van der Waals surface area contributed by atoms with E-state index in [0.29, 0.717) is 0 Å². The summed E-state index contributed by atoms with van der Waals surface area (Å²) in [6.45, 7) is 2.03. The molecule has 17 heavy (non-hydrogen) atoms. The van der Waals surface area contributed by atoms with E-state index in [0.717, 1.165) is 19.5 Å². The predicted molar refractivity (Wildman–Crippen MR) is 70.7 cm³/mol. The number of benzene rings is 1. The number of nitrogens with zero attached hydrogens (tertiary/aromatic N) is 2. The van der Waals surface area contributed by atoms with Crippen molar-refractivity contribution in [1.29, 1.82) is 0 Å². The van der Waals surface area contributed by atoms with Crippen LogP contribution in [-0.2, 0) is 13.0 Å². The van der Waals surface area contributed by atoms with Gasteiger partial charge in [0.05, 0.1) is 0 Å². The molecule has 0 unspecified atom stereocenters. The van der Waals surface area contributed by atoms with Crippen molar-refractivity contribution in [2.24, 2.45) is 0 Å². The highest BCUT2D eigenvalue weighted by atomic mass is 15.1. The maximum absolute atomic E-state index is 4.13. The predicted octanol–water partition coefficient (Wildman–Crippen LogP) is 2.76. The Morgan fingerprint density at radius 3 is 2.47 bits per heavy atom. The van der Waals surface area contributed by atoms with E-state index in [-0.39, 0.29) is 0 Å². The minimum Gasteiger partial charge on any atom is -0.302 e. The van der Waals surface area contributed by atoms with Crippen LogP contribution in [-0.4, -0.2) is 23.5 Å². The molecule has 2 heteroatoms. The Balaban J connectivity index is 1.80. The monoisotopic (exact) mass is 226 g/mol. The molecule has 0 saturated heterocycles. The first-order valence-electron chi connectivity index (χ1n) is 5.96. The van der Waals surface area contributed by atoms with Crippen molar-refractivity contribution in [2.45, 2.75) is 13.0 Å². The van der Waals surface area contributed by atoms with E-state index in [4.69, 9.17) is 0 Å². The molecule has 0 saturated carbocycles. The summed E-state index contributed by atoms with van der Waals surface area (Å²) in [7, 11) is 2.15. The molecule has 2 nitrogen and oxygen atoms in total. The highest BCUT2D eigenvalue weighted by molar-refractivity contribution is 5.15. The number of aromatic nitrogens is 1. The largest absolute Gasteiger partial charge is 0.302 e. The molecule has 0 aliphatic heterocycles. The minimum atomic E-state index is 0.959. The molecule has 0 aliphatic rings. The normalized spacial score (nSPS) is 10.7. The van der Waals surface area contributed by atoms with Crippen LogP contribution in [0.2, 0.25) is 0 Å². The van der Waals surface area contributed by atoms with Crippen molar-refractivity contribution < 1.29 is 0 Å². The van der Waals surface area contributed by atoms with Crippen molar-refractivity contribution in [3.05, 3.63) is 66.0 Å². The quantitative estimate of drug-likeness (QED) is 0.779. The lowest BCUT2D eigenvalue weighted by molar-refractivity contribution is 0.331. The lowest BCUT2D eigenvalue weighted by Crippen LogP contribution is -2.20. The summed E-state index contributed by atoms with van der Waals surface area (Å²) in [5, 5.41) is 0. The zero-order chi connectivity index (χ0) is 11.9. The van der Waals surface area contributed by atoms with Crippen LogP contribution in [0.25, 0.3) is 0 Å². The highest BCUT2D eigenvalue weighted by Gasteiger charge is 2.00. The first kappa shape index (κ1) is 11.8. The summed E-state index contributed by atoms with van der Waals surface area (Å²) >= 11 is 0. The highest BCUT2D eigenvalue weighted by Crippen LogP contribution is 2.04. The number of hydrogen-bond acceptors (Lipinski definition) is 2. The van der Waals surface area contributed by atoms with E-state index in [1.54, 1.807) is 0 Å². The molecule has 0 fully saturated rings. The number of rotatable bonds is 5. The number of hydrogen-bond donors (Lipinski definition) is 0. The summed E-state index contributed by atoms with van der Waals surface area (Å²) in [6, 6.07) is 14.7. The second-order valence-electron chi connectivity index (χ2n) is 4.33. The Kier molecular flexibility index (Phi) is 4.28. The first-order valence-corrected chi connectivity index (χ1v) is 5.96. The molecule has 0 atom stereocenters. The Bertz CT molecular complexity index is 425. The van der Waals surface area contributed by atoms with Gasteiger partial charge in [-0.1, -0.05) is 36.4 Å². The Labute approximate surface area is 103 Å². The van der Waals surface area contributed by atoms with Crippen LogP contribution in [0.5, 0.6) is 0 Å². The molecule has 1 aromatic carbocycles. The molecule has 88 valence electrons. The maximum Gasteiger partial charge on any atom is 0.0312 e. The van der Waals surface area contributed by atoms with Gasteiger partial charge in [-0.25, -0.2) is 0 Å². The maximum atomic E-state index is 4.13. The van der Waals surface area contributed by atoms with Gasteiger partial charge >= 0.3 is 0 Å². The van der Waals surface area contributed by atoms with E-state index in [2.05, 4.69) is 53.3 Å². The average molecular weight is 226 g/mol. The average Bonchev–Trinajstić information content (AvgIpc) is 2.39. The van der Waals surface area contributed by atoms with Gasteiger partial charge in [0, 0.05) is 25.5 Å². The Morgan fingerprint density at radius 2 is 1.76 bits per heavy atom. The van der Waals surface area contributed by atoms with E-state index < -0.39 is 0 Å².